The number of carbonyl (C=O) groups excluding carboxylic acids is 1. The topological polar surface area (TPSA) is 101 Å². The molecule has 1 atom stereocenters. The lowest BCUT2D eigenvalue weighted by atomic mass is 9.94. The molecule has 0 bridgehead atoms. The predicted molar refractivity (Wildman–Crippen MR) is 124 cm³/mol. The summed E-state index contributed by atoms with van der Waals surface area (Å²) in [6.07, 6.45) is 8.64. The van der Waals surface area contributed by atoms with Gasteiger partial charge >= 0.3 is 6.03 Å². The first-order valence-electron chi connectivity index (χ1n) is 11.7. The summed E-state index contributed by atoms with van der Waals surface area (Å²) >= 11 is 0. The van der Waals surface area contributed by atoms with Crippen LogP contribution in [-0.4, -0.2) is 64.1 Å². The lowest BCUT2D eigenvalue weighted by molar-refractivity contribution is -0.0394. The molecule has 2 amide bonds. The van der Waals surface area contributed by atoms with Gasteiger partial charge in [0.05, 0.1) is 24.6 Å². The lowest BCUT2D eigenvalue weighted by Crippen LogP contribution is -2.50. The maximum atomic E-state index is 12.8. The number of aliphatic hydroxyl groups is 1. The summed E-state index contributed by atoms with van der Waals surface area (Å²) < 4.78 is 13.3. The smallest absolute Gasteiger partial charge is 0.322 e. The minimum Gasteiger partial charge on any atom is -0.496 e. The first-order chi connectivity index (χ1) is 15.9. The molecule has 176 valence electrons. The largest absolute Gasteiger partial charge is 0.496 e. The van der Waals surface area contributed by atoms with Crippen molar-refractivity contribution in [3.63, 3.8) is 0 Å². The highest BCUT2D eigenvalue weighted by Gasteiger charge is 2.31. The van der Waals surface area contributed by atoms with Gasteiger partial charge in [0.1, 0.15) is 17.8 Å². The molecule has 0 saturated carbocycles. The molecule has 3 aliphatic heterocycles. The van der Waals surface area contributed by atoms with Crippen molar-refractivity contribution in [1.29, 1.82) is 0 Å². The molecule has 2 aromatic rings. The monoisotopic (exact) mass is 453 g/mol. The van der Waals surface area contributed by atoms with E-state index in [1.54, 1.807) is 12.0 Å². The fourth-order valence-corrected chi connectivity index (χ4v) is 4.72. The Labute approximate surface area is 193 Å². The second-order valence-corrected chi connectivity index (χ2v) is 9.32. The van der Waals surface area contributed by atoms with Crippen LogP contribution in [0.1, 0.15) is 50.8 Å². The molecule has 9 heteroatoms. The van der Waals surface area contributed by atoms with E-state index in [0.717, 1.165) is 54.0 Å². The fraction of sp³-hybridized carbons (Fsp3) is 0.542. The number of rotatable bonds is 3. The number of methoxy groups -OCH3 is 1. The summed E-state index contributed by atoms with van der Waals surface area (Å²) in [5.41, 5.74) is 2.96. The number of fused-ring (bicyclic) bond motifs is 1. The van der Waals surface area contributed by atoms with E-state index >= 15 is 0 Å². The van der Waals surface area contributed by atoms with Gasteiger partial charge in [-0.15, -0.1) is 0 Å². The Morgan fingerprint density at radius 3 is 2.85 bits per heavy atom. The number of carbonyl (C=O) groups is 1. The van der Waals surface area contributed by atoms with Gasteiger partial charge in [0.15, 0.2) is 0 Å². The third-order valence-corrected chi connectivity index (χ3v) is 6.79. The van der Waals surface area contributed by atoms with Crippen molar-refractivity contribution in [3.8, 4) is 16.9 Å². The van der Waals surface area contributed by atoms with Crippen LogP contribution in [0.2, 0.25) is 0 Å². The van der Waals surface area contributed by atoms with E-state index in [4.69, 9.17) is 14.5 Å². The second kappa shape index (κ2) is 8.79. The number of aliphatic imine (C=N–C) groups is 1. The fourth-order valence-electron chi connectivity index (χ4n) is 4.72. The van der Waals surface area contributed by atoms with Gasteiger partial charge < -0.3 is 19.5 Å². The maximum Gasteiger partial charge on any atom is 0.322 e. The highest BCUT2D eigenvalue weighted by Crippen LogP contribution is 2.42. The van der Waals surface area contributed by atoms with Crippen molar-refractivity contribution in [2.75, 3.05) is 26.8 Å². The summed E-state index contributed by atoms with van der Waals surface area (Å²) in [7, 11) is 1.64. The summed E-state index contributed by atoms with van der Waals surface area (Å²) in [5, 5.41) is 17.7. The maximum absolute atomic E-state index is 12.8. The Hall–Kier alpha value is -2.91. The van der Waals surface area contributed by atoms with Gasteiger partial charge in [0.2, 0.25) is 0 Å². The number of piperidine rings is 1. The molecule has 1 aromatic carbocycles. The molecule has 0 spiro atoms. The molecular weight excluding hydrogens is 422 g/mol. The number of amidine groups is 1. The number of hydrogen-bond donors (Lipinski definition) is 2. The van der Waals surface area contributed by atoms with Gasteiger partial charge in [0, 0.05) is 49.0 Å². The van der Waals surface area contributed by atoms with Crippen LogP contribution in [0.15, 0.2) is 29.5 Å². The minimum absolute atomic E-state index is 0.0255. The summed E-state index contributed by atoms with van der Waals surface area (Å²) in [5.74, 6) is 1.35. The molecule has 0 aliphatic carbocycles. The number of benzene rings is 1. The van der Waals surface area contributed by atoms with Crippen molar-refractivity contribution < 1.29 is 19.4 Å². The van der Waals surface area contributed by atoms with Gasteiger partial charge in [-0.1, -0.05) is 0 Å². The number of amides is 2. The minimum atomic E-state index is -0.701. The Bertz CT molecular complexity index is 1060. The van der Waals surface area contributed by atoms with Crippen molar-refractivity contribution in [2.24, 2.45) is 4.99 Å². The van der Waals surface area contributed by atoms with Gasteiger partial charge in [-0.25, -0.2) is 14.5 Å². The molecule has 2 fully saturated rings. The van der Waals surface area contributed by atoms with Crippen LogP contribution >= 0.6 is 0 Å². The molecule has 1 unspecified atom stereocenters. The molecular formula is C24H31N5O4. The van der Waals surface area contributed by atoms with Crippen LogP contribution in [0.5, 0.6) is 5.75 Å². The second-order valence-electron chi connectivity index (χ2n) is 9.32. The zero-order valence-electron chi connectivity index (χ0n) is 19.2. The number of urea groups is 1. The Balaban J connectivity index is 1.36. The van der Waals surface area contributed by atoms with Crippen LogP contribution < -0.4 is 10.1 Å². The highest BCUT2D eigenvalue weighted by molar-refractivity contribution is 6.04. The van der Waals surface area contributed by atoms with Crippen LogP contribution in [0.3, 0.4) is 0 Å². The van der Waals surface area contributed by atoms with Gasteiger partial charge in [-0.2, -0.15) is 5.10 Å². The number of ether oxygens (including phenoxy) is 2. The molecule has 3 aliphatic rings. The van der Waals surface area contributed by atoms with E-state index in [1.807, 2.05) is 36.1 Å². The number of nitrogens with one attached hydrogen (secondary N) is 1. The van der Waals surface area contributed by atoms with Crippen molar-refractivity contribution in [2.45, 2.75) is 57.3 Å². The molecule has 2 saturated heterocycles. The third kappa shape index (κ3) is 4.47. The number of aromatic nitrogens is 2. The van der Waals surface area contributed by atoms with Gasteiger partial charge in [0.25, 0.3) is 0 Å². The molecule has 1 aromatic heterocycles. The van der Waals surface area contributed by atoms with E-state index < -0.39 is 5.60 Å². The van der Waals surface area contributed by atoms with Crippen LogP contribution in [0.4, 0.5) is 10.5 Å². The quantitative estimate of drug-likeness (QED) is 0.742. The third-order valence-electron chi connectivity index (χ3n) is 6.79. The average molecular weight is 454 g/mol. The summed E-state index contributed by atoms with van der Waals surface area (Å²) in [6.45, 7) is 3.63. The van der Waals surface area contributed by atoms with Crippen LogP contribution in [0, 0.1) is 0 Å². The Kier molecular flexibility index (Phi) is 5.84. The van der Waals surface area contributed by atoms with E-state index in [-0.39, 0.29) is 12.3 Å². The molecule has 2 N–H and O–H groups in total. The molecule has 5 rings (SSSR count). The van der Waals surface area contributed by atoms with Crippen LogP contribution in [-0.2, 0) is 11.2 Å². The van der Waals surface area contributed by atoms with E-state index in [0.29, 0.717) is 38.2 Å². The molecule has 33 heavy (non-hydrogen) atoms. The van der Waals surface area contributed by atoms with Gasteiger partial charge in [-0.05, 0) is 51.2 Å². The Morgan fingerprint density at radius 1 is 1.30 bits per heavy atom. The van der Waals surface area contributed by atoms with Crippen LogP contribution in [0.25, 0.3) is 11.1 Å². The standard InChI is InChI=1S/C24H31N5O4/c1-24(31)8-10-28(11-9-24)23(30)27-20-13-18-19(32-2)7-6-17(22(18)26-20)16-14-25-29(15-16)21-5-3-4-12-33-21/h6-7,14-15,21,31H,3-5,8-13H2,1-2H3,(H,26,27,30). The normalized spacial score (nSPS) is 22.0. The number of hydrogen-bond acceptors (Lipinski definition) is 6. The van der Waals surface area contributed by atoms with E-state index in [2.05, 4.69) is 10.4 Å². The molecule has 4 heterocycles. The Morgan fingerprint density at radius 2 is 2.12 bits per heavy atom. The number of nitrogens with zero attached hydrogens (tertiary/aromatic N) is 4. The van der Waals surface area contributed by atoms with Crippen molar-refractivity contribution in [1.82, 2.24) is 20.0 Å². The first-order valence-corrected chi connectivity index (χ1v) is 11.7. The summed E-state index contributed by atoms with van der Waals surface area (Å²) in [4.78, 5) is 19.3. The van der Waals surface area contributed by atoms with Crippen molar-refractivity contribution >= 4 is 17.6 Å². The van der Waals surface area contributed by atoms with Crippen molar-refractivity contribution in [3.05, 3.63) is 30.1 Å². The SMILES string of the molecule is COc1ccc(-c2cnn(C3CCCCO3)c2)c2c1CC(NC(=O)N1CCC(C)(O)CC1)=N2. The molecule has 0 radical (unpaired) electrons. The molecule has 9 nitrogen and oxygen atoms in total. The zero-order valence-corrected chi connectivity index (χ0v) is 19.2. The number of likely N-dealkylation sites (tertiary alicyclic amines) is 1. The first kappa shape index (κ1) is 21.9. The lowest BCUT2D eigenvalue weighted by Gasteiger charge is -2.35. The van der Waals surface area contributed by atoms with E-state index in [1.165, 1.54) is 0 Å². The van der Waals surface area contributed by atoms with Gasteiger partial charge in [-0.3, -0.25) is 5.32 Å². The average Bonchev–Trinajstić information content (AvgIpc) is 3.46. The predicted octanol–water partition coefficient (Wildman–Crippen LogP) is 3.40. The van der Waals surface area contributed by atoms with E-state index in [9.17, 15) is 9.90 Å². The summed E-state index contributed by atoms with van der Waals surface area (Å²) in [6, 6.07) is 3.75. The zero-order chi connectivity index (χ0) is 23.0. The highest BCUT2D eigenvalue weighted by atomic mass is 16.5.